The summed E-state index contributed by atoms with van der Waals surface area (Å²) in [5.41, 5.74) is -0.185. The minimum absolute atomic E-state index is 0.0545. The molecule has 0 fully saturated rings. The summed E-state index contributed by atoms with van der Waals surface area (Å²) in [6.07, 6.45) is 1.36. The number of fused-ring (bicyclic) bond motifs is 1. The predicted molar refractivity (Wildman–Crippen MR) is 102 cm³/mol. The molecule has 0 aliphatic carbocycles. The number of halogens is 1. The van der Waals surface area contributed by atoms with Gasteiger partial charge in [0, 0.05) is 23.7 Å². The van der Waals surface area contributed by atoms with Crippen LogP contribution in [0.5, 0.6) is 0 Å². The average molecular weight is 383 g/mol. The Morgan fingerprint density at radius 1 is 1.31 bits per heavy atom. The first kappa shape index (κ1) is 20.2. The third-order valence-electron chi connectivity index (χ3n) is 3.84. The van der Waals surface area contributed by atoms with Crippen LogP contribution >= 0.6 is 11.6 Å². The molecule has 3 N–H and O–H groups in total. The number of benzene rings is 1. The largest absolute Gasteiger partial charge is 0.477 e. The van der Waals surface area contributed by atoms with Crippen molar-refractivity contribution in [3.8, 4) is 0 Å². The fourth-order valence-electron chi connectivity index (χ4n) is 2.61. The van der Waals surface area contributed by atoms with Crippen molar-refractivity contribution in [1.82, 2.24) is 4.57 Å². The van der Waals surface area contributed by atoms with E-state index in [2.05, 4.69) is 5.32 Å². The molecule has 7 nitrogen and oxygen atoms in total. The molecular formula is C18H23ClN2O5. The van der Waals surface area contributed by atoms with Crippen LogP contribution in [-0.4, -0.2) is 47.1 Å². The van der Waals surface area contributed by atoms with Gasteiger partial charge < -0.3 is 24.8 Å². The summed E-state index contributed by atoms with van der Waals surface area (Å²) in [5.74, 6) is -1.27. The molecule has 0 aliphatic heterocycles. The number of ether oxygens (including phenoxy) is 1. The van der Waals surface area contributed by atoms with E-state index in [4.69, 9.17) is 21.4 Å². The van der Waals surface area contributed by atoms with Gasteiger partial charge in [-0.05, 0) is 32.9 Å². The highest BCUT2D eigenvalue weighted by atomic mass is 35.5. The number of nitrogens with zero attached hydrogens (tertiary/aromatic N) is 1. The SMILES string of the molecule is CC(C)(C)n1cc(C(=O)O)c(=O)c2cc(NCCOCCO)c(Cl)cc21. The molecule has 1 heterocycles. The van der Waals surface area contributed by atoms with Crippen molar-refractivity contribution in [3.05, 3.63) is 39.1 Å². The van der Waals surface area contributed by atoms with Crippen LogP contribution in [0.4, 0.5) is 5.69 Å². The van der Waals surface area contributed by atoms with Gasteiger partial charge in [0.05, 0.1) is 36.0 Å². The first-order valence-corrected chi connectivity index (χ1v) is 8.59. The second-order valence-corrected chi connectivity index (χ2v) is 7.24. The molecule has 0 spiro atoms. The maximum atomic E-state index is 12.6. The summed E-state index contributed by atoms with van der Waals surface area (Å²) in [5, 5.41) is 21.8. The Morgan fingerprint density at radius 2 is 2.00 bits per heavy atom. The molecule has 0 aliphatic rings. The summed E-state index contributed by atoms with van der Waals surface area (Å²) in [7, 11) is 0. The number of aromatic nitrogens is 1. The number of nitrogens with one attached hydrogen (secondary N) is 1. The van der Waals surface area contributed by atoms with E-state index in [1.54, 1.807) is 16.7 Å². The Balaban J connectivity index is 2.54. The van der Waals surface area contributed by atoms with Gasteiger partial charge in [0.1, 0.15) is 5.56 Å². The molecule has 0 bridgehead atoms. The first-order chi connectivity index (χ1) is 12.2. The molecule has 0 amide bonds. The van der Waals surface area contributed by atoms with Crippen LogP contribution in [0.3, 0.4) is 0 Å². The smallest absolute Gasteiger partial charge is 0.341 e. The number of aliphatic hydroxyl groups excluding tert-OH is 1. The summed E-state index contributed by atoms with van der Waals surface area (Å²) in [4.78, 5) is 24.1. The van der Waals surface area contributed by atoms with Crippen LogP contribution in [-0.2, 0) is 10.3 Å². The number of hydrogen-bond donors (Lipinski definition) is 3. The molecule has 0 saturated carbocycles. The Hall–Kier alpha value is -2.09. The number of rotatable bonds is 7. The molecule has 1 aromatic heterocycles. The number of aliphatic hydroxyl groups is 1. The van der Waals surface area contributed by atoms with Crippen LogP contribution in [0, 0.1) is 0 Å². The fraction of sp³-hybridized carbons (Fsp3) is 0.444. The van der Waals surface area contributed by atoms with Crippen molar-refractivity contribution < 1.29 is 19.7 Å². The molecule has 0 saturated heterocycles. The zero-order valence-corrected chi connectivity index (χ0v) is 15.8. The van der Waals surface area contributed by atoms with E-state index in [0.717, 1.165) is 0 Å². The zero-order valence-electron chi connectivity index (χ0n) is 15.0. The third kappa shape index (κ3) is 4.35. The van der Waals surface area contributed by atoms with Gasteiger partial charge in [-0.2, -0.15) is 0 Å². The molecule has 0 atom stereocenters. The minimum atomic E-state index is -1.27. The van der Waals surface area contributed by atoms with Crippen molar-refractivity contribution in [2.45, 2.75) is 26.3 Å². The second-order valence-electron chi connectivity index (χ2n) is 6.83. The van der Waals surface area contributed by atoms with Crippen LogP contribution in [0.1, 0.15) is 31.1 Å². The lowest BCUT2D eigenvalue weighted by Crippen LogP contribution is -2.27. The number of carbonyl (C=O) groups is 1. The normalized spacial score (nSPS) is 11.7. The lowest BCUT2D eigenvalue weighted by molar-refractivity contribution is 0.0694. The Labute approximate surface area is 156 Å². The van der Waals surface area contributed by atoms with Crippen molar-refractivity contribution >= 4 is 34.2 Å². The van der Waals surface area contributed by atoms with Gasteiger partial charge >= 0.3 is 5.97 Å². The number of anilines is 1. The van der Waals surface area contributed by atoms with Crippen LogP contribution < -0.4 is 10.7 Å². The molecule has 0 radical (unpaired) electrons. The summed E-state index contributed by atoms with van der Waals surface area (Å²) < 4.78 is 6.91. The fourth-order valence-corrected chi connectivity index (χ4v) is 2.84. The van der Waals surface area contributed by atoms with Crippen molar-refractivity contribution in [2.24, 2.45) is 0 Å². The molecule has 142 valence electrons. The quantitative estimate of drug-likeness (QED) is 0.636. The summed E-state index contributed by atoms with van der Waals surface area (Å²) in [6, 6.07) is 3.23. The van der Waals surface area contributed by atoms with Gasteiger partial charge in [-0.15, -0.1) is 0 Å². The predicted octanol–water partition coefficient (Wildman–Crippen LogP) is 2.53. The van der Waals surface area contributed by atoms with E-state index in [-0.39, 0.29) is 24.2 Å². The lowest BCUT2D eigenvalue weighted by atomic mass is 10.0. The Kier molecular flexibility index (Phi) is 6.28. The average Bonchev–Trinajstić information content (AvgIpc) is 2.54. The maximum absolute atomic E-state index is 12.6. The van der Waals surface area contributed by atoms with E-state index in [9.17, 15) is 14.7 Å². The maximum Gasteiger partial charge on any atom is 0.341 e. The lowest BCUT2D eigenvalue weighted by Gasteiger charge is -2.26. The monoisotopic (exact) mass is 382 g/mol. The van der Waals surface area contributed by atoms with E-state index in [0.29, 0.717) is 29.4 Å². The van der Waals surface area contributed by atoms with Crippen LogP contribution in [0.2, 0.25) is 5.02 Å². The molecule has 26 heavy (non-hydrogen) atoms. The van der Waals surface area contributed by atoms with Gasteiger partial charge in [-0.1, -0.05) is 11.6 Å². The van der Waals surface area contributed by atoms with Gasteiger partial charge in [0.25, 0.3) is 0 Å². The highest BCUT2D eigenvalue weighted by Gasteiger charge is 2.22. The third-order valence-corrected chi connectivity index (χ3v) is 4.16. The molecule has 8 heteroatoms. The molecular weight excluding hydrogens is 360 g/mol. The highest BCUT2D eigenvalue weighted by molar-refractivity contribution is 6.34. The van der Waals surface area contributed by atoms with Crippen LogP contribution in [0.15, 0.2) is 23.1 Å². The number of pyridine rings is 1. The number of aromatic carboxylic acids is 1. The molecule has 2 aromatic rings. The summed E-state index contributed by atoms with van der Waals surface area (Å²) >= 11 is 6.35. The van der Waals surface area contributed by atoms with E-state index in [1.807, 2.05) is 20.8 Å². The van der Waals surface area contributed by atoms with E-state index < -0.39 is 16.9 Å². The zero-order chi connectivity index (χ0) is 19.5. The topological polar surface area (TPSA) is 101 Å². The van der Waals surface area contributed by atoms with Crippen LogP contribution in [0.25, 0.3) is 10.9 Å². The number of carboxylic acid groups (broad SMARTS) is 1. The Morgan fingerprint density at radius 3 is 2.58 bits per heavy atom. The Bertz CT molecular complexity index is 870. The van der Waals surface area contributed by atoms with E-state index >= 15 is 0 Å². The van der Waals surface area contributed by atoms with Gasteiger partial charge in [-0.3, -0.25) is 4.79 Å². The summed E-state index contributed by atoms with van der Waals surface area (Å²) in [6.45, 7) is 6.73. The van der Waals surface area contributed by atoms with Gasteiger partial charge in [0.2, 0.25) is 5.43 Å². The molecule has 0 unspecified atom stereocenters. The van der Waals surface area contributed by atoms with Gasteiger partial charge in [-0.25, -0.2) is 4.79 Å². The molecule has 2 rings (SSSR count). The first-order valence-electron chi connectivity index (χ1n) is 8.22. The van der Waals surface area contributed by atoms with E-state index in [1.165, 1.54) is 6.20 Å². The van der Waals surface area contributed by atoms with Gasteiger partial charge in [0.15, 0.2) is 0 Å². The number of hydrogen-bond acceptors (Lipinski definition) is 5. The van der Waals surface area contributed by atoms with Crippen molar-refractivity contribution in [3.63, 3.8) is 0 Å². The number of carboxylic acids is 1. The molecule has 1 aromatic carbocycles. The second kappa shape index (κ2) is 8.07. The van der Waals surface area contributed by atoms with Crippen molar-refractivity contribution in [2.75, 3.05) is 31.7 Å². The standard InChI is InChI=1S/C18H23ClN2O5/c1-18(2,3)21-10-12(17(24)25)16(23)11-8-14(13(19)9-15(11)21)20-4-6-26-7-5-22/h8-10,20,22H,4-7H2,1-3H3,(H,24,25). The van der Waals surface area contributed by atoms with Crippen molar-refractivity contribution in [1.29, 1.82) is 0 Å². The highest BCUT2D eigenvalue weighted by Crippen LogP contribution is 2.29. The minimum Gasteiger partial charge on any atom is -0.477 e.